The van der Waals surface area contributed by atoms with Crippen LogP contribution in [0.25, 0.3) is 0 Å². The number of nitrogens with two attached hydrogens (primary N) is 1. The van der Waals surface area contributed by atoms with Crippen LogP contribution in [0, 0.1) is 6.92 Å². The first-order valence-electron chi connectivity index (χ1n) is 9.46. The molecule has 0 saturated heterocycles. The summed E-state index contributed by atoms with van der Waals surface area (Å²) in [5, 5.41) is 7.27. The van der Waals surface area contributed by atoms with Gasteiger partial charge in [-0.25, -0.2) is 0 Å². The first-order chi connectivity index (χ1) is 13.2. The van der Waals surface area contributed by atoms with E-state index < -0.39 is 0 Å². The monoisotopic (exact) mass is 379 g/mol. The van der Waals surface area contributed by atoms with Gasteiger partial charge in [-0.2, -0.15) is 0 Å². The maximum absolute atomic E-state index is 12.3. The maximum atomic E-state index is 12.3. The molecule has 2 aromatic carbocycles. The molecule has 3 aromatic rings. The molecular weight excluding hydrogens is 352 g/mol. The highest BCUT2D eigenvalue weighted by Crippen LogP contribution is 2.22. The Kier molecular flexibility index (Phi) is 7.19. The molecular formula is C23H27N2OS+. The van der Waals surface area contributed by atoms with Crippen LogP contribution in [0.5, 0.6) is 0 Å². The van der Waals surface area contributed by atoms with Gasteiger partial charge in [0.1, 0.15) is 6.04 Å². The number of carbonyl (C=O) groups is 1. The molecule has 0 saturated carbocycles. The van der Waals surface area contributed by atoms with Crippen molar-refractivity contribution in [2.24, 2.45) is 0 Å². The van der Waals surface area contributed by atoms with Gasteiger partial charge in [0.05, 0.1) is 4.88 Å². The molecule has 27 heavy (non-hydrogen) atoms. The van der Waals surface area contributed by atoms with Gasteiger partial charge in [0.2, 0.25) is 0 Å². The van der Waals surface area contributed by atoms with Crippen molar-refractivity contribution in [3.63, 3.8) is 0 Å². The van der Waals surface area contributed by atoms with Gasteiger partial charge in [-0.05, 0) is 36.8 Å². The number of carbonyl (C=O) groups excluding carboxylic acids is 1. The summed E-state index contributed by atoms with van der Waals surface area (Å²) >= 11 is 1.74. The molecule has 0 aliphatic carbocycles. The van der Waals surface area contributed by atoms with Crippen molar-refractivity contribution in [2.75, 3.05) is 13.1 Å². The van der Waals surface area contributed by atoms with Crippen LogP contribution >= 0.6 is 11.3 Å². The third kappa shape index (κ3) is 6.05. The molecule has 3 rings (SSSR count). The number of amides is 1. The van der Waals surface area contributed by atoms with Crippen LogP contribution in [0.4, 0.5) is 0 Å². The Balaban J connectivity index is 1.48. The number of benzene rings is 2. The molecule has 1 heterocycles. The average Bonchev–Trinajstić information content (AvgIpc) is 3.22. The molecule has 0 radical (unpaired) electrons. The lowest BCUT2D eigenvalue weighted by Crippen LogP contribution is -2.87. The minimum absolute atomic E-state index is 0.0942. The van der Waals surface area contributed by atoms with Crippen LogP contribution < -0.4 is 10.6 Å². The quantitative estimate of drug-likeness (QED) is 0.550. The number of rotatable bonds is 9. The van der Waals surface area contributed by atoms with Crippen LogP contribution in [-0.2, 0) is 11.2 Å². The van der Waals surface area contributed by atoms with Gasteiger partial charge >= 0.3 is 0 Å². The molecule has 3 N–H and O–H groups in total. The second kappa shape index (κ2) is 10.0. The number of nitrogens with one attached hydrogen (secondary N) is 1. The van der Waals surface area contributed by atoms with Crippen molar-refractivity contribution in [2.45, 2.75) is 25.8 Å². The second-order valence-electron chi connectivity index (χ2n) is 6.78. The van der Waals surface area contributed by atoms with Gasteiger partial charge in [-0.15, -0.1) is 11.3 Å². The zero-order chi connectivity index (χ0) is 18.9. The zero-order valence-electron chi connectivity index (χ0n) is 15.7. The molecule has 3 nitrogen and oxygen atoms in total. The highest BCUT2D eigenvalue weighted by molar-refractivity contribution is 7.10. The fourth-order valence-electron chi connectivity index (χ4n) is 3.12. The van der Waals surface area contributed by atoms with Crippen LogP contribution in [0.3, 0.4) is 0 Å². The van der Waals surface area contributed by atoms with Crippen LogP contribution in [0.2, 0.25) is 0 Å². The molecule has 140 valence electrons. The van der Waals surface area contributed by atoms with Crippen molar-refractivity contribution in [1.29, 1.82) is 0 Å². The molecule has 4 heteroatoms. The van der Waals surface area contributed by atoms with Crippen LogP contribution in [0.1, 0.15) is 34.0 Å². The Morgan fingerprint density at radius 3 is 2.52 bits per heavy atom. The van der Waals surface area contributed by atoms with Crippen molar-refractivity contribution < 1.29 is 10.1 Å². The molecule has 0 aliphatic rings. The maximum Gasteiger partial charge on any atom is 0.275 e. The highest BCUT2D eigenvalue weighted by atomic mass is 32.1. The molecule has 1 atom stereocenters. The fraction of sp³-hybridized carbons (Fsp3) is 0.261. The van der Waals surface area contributed by atoms with E-state index in [-0.39, 0.29) is 11.9 Å². The van der Waals surface area contributed by atoms with Gasteiger partial charge < -0.3 is 10.6 Å². The third-order valence-electron chi connectivity index (χ3n) is 4.63. The minimum atomic E-state index is 0.0942. The molecule has 1 aromatic heterocycles. The largest absolute Gasteiger partial charge is 0.351 e. The minimum Gasteiger partial charge on any atom is -0.351 e. The summed E-state index contributed by atoms with van der Waals surface area (Å²) in [4.78, 5) is 13.5. The second-order valence-corrected chi connectivity index (χ2v) is 7.76. The Morgan fingerprint density at radius 2 is 1.81 bits per heavy atom. The summed E-state index contributed by atoms with van der Waals surface area (Å²) in [7, 11) is 0. The molecule has 1 amide bonds. The lowest BCUT2D eigenvalue weighted by atomic mass is 10.0. The van der Waals surface area contributed by atoms with E-state index >= 15 is 0 Å². The van der Waals surface area contributed by atoms with E-state index in [1.54, 1.807) is 11.3 Å². The smallest absolute Gasteiger partial charge is 0.275 e. The van der Waals surface area contributed by atoms with Gasteiger partial charge in [0, 0.05) is 12.1 Å². The Hall–Kier alpha value is -2.43. The topological polar surface area (TPSA) is 45.7 Å². The van der Waals surface area contributed by atoms with E-state index in [4.69, 9.17) is 0 Å². The normalized spacial score (nSPS) is 11.9. The van der Waals surface area contributed by atoms with E-state index in [0.717, 1.165) is 19.4 Å². The van der Waals surface area contributed by atoms with Crippen LogP contribution in [-0.4, -0.2) is 19.0 Å². The number of thiophene rings is 1. The Bertz CT molecular complexity index is 813. The molecule has 0 aliphatic heterocycles. The summed E-state index contributed by atoms with van der Waals surface area (Å²) in [5.41, 5.74) is 3.80. The van der Waals surface area contributed by atoms with Crippen LogP contribution in [0.15, 0.2) is 72.1 Å². The number of quaternary nitrogens is 1. The lowest BCUT2D eigenvalue weighted by Gasteiger charge is -2.15. The first-order valence-corrected chi connectivity index (χ1v) is 10.3. The summed E-state index contributed by atoms with van der Waals surface area (Å²) in [5.74, 6) is 0.0942. The summed E-state index contributed by atoms with van der Waals surface area (Å²) < 4.78 is 0. The van der Waals surface area contributed by atoms with Crippen molar-refractivity contribution in [3.8, 4) is 0 Å². The number of hydrogen-bond donors (Lipinski definition) is 2. The number of aryl methyl sites for hydroxylation is 2. The van der Waals surface area contributed by atoms with E-state index in [1.807, 2.05) is 6.07 Å². The highest BCUT2D eigenvalue weighted by Gasteiger charge is 2.19. The van der Waals surface area contributed by atoms with Crippen molar-refractivity contribution in [3.05, 3.63) is 93.7 Å². The molecule has 0 unspecified atom stereocenters. The average molecular weight is 380 g/mol. The summed E-state index contributed by atoms with van der Waals surface area (Å²) in [6, 6.07) is 23.4. The summed E-state index contributed by atoms with van der Waals surface area (Å²) in [6.07, 6.45) is 1.95. The van der Waals surface area contributed by atoms with Gasteiger partial charge in [0.15, 0.2) is 6.54 Å². The lowest BCUT2D eigenvalue weighted by molar-refractivity contribution is -0.676. The molecule has 0 fully saturated rings. The van der Waals surface area contributed by atoms with Crippen molar-refractivity contribution in [1.82, 2.24) is 5.32 Å². The van der Waals surface area contributed by atoms with Crippen molar-refractivity contribution >= 4 is 17.2 Å². The zero-order valence-corrected chi connectivity index (χ0v) is 16.5. The fourth-order valence-corrected chi connectivity index (χ4v) is 3.97. The predicted molar refractivity (Wildman–Crippen MR) is 112 cm³/mol. The molecule has 0 bridgehead atoms. The number of hydrogen-bond acceptors (Lipinski definition) is 2. The van der Waals surface area contributed by atoms with E-state index in [0.29, 0.717) is 6.54 Å². The Morgan fingerprint density at radius 1 is 1.04 bits per heavy atom. The predicted octanol–water partition coefficient (Wildman–Crippen LogP) is 3.46. The SMILES string of the molecule is Cc1ccc([C@H]([NH2+]CC(=O)NCCCc2ccccc2)c2cccs2)cc1. The van der Waals surface area contributed by atoms with Gasteiger partial charge in [0.25, 0.3) is 5.91 Å². The van der Waals surface area contributed by atoms with E-state index in [9.17, 15) is 4.79 Å². The van der Waals surface area contributed by atoms with E-state index in [1.165, 1.54) is 21.6 Å². The van der Waals surface area contributed by atoms with Gasteiger partial charge in [-0.3, -0.25) is 4.79 Å². The summed E-state index contributed by atoms with van der Waals surface area (Å²) in [6.45, 7) is 3.24. The van der Waals surface area contributed by atoms with E-state index in [2.05, 4.69) is 83.6 Å². The van der Waals surface area contributed by atoms with Gasteiger partial charge in [-0.1, -0.05) is 66.2 Å². The third-order valence-corrected chi connectivity index (χ3v) is 5.59. The standard InChI is InChI=1S/C23H26N2OS/c1-18-11-13-20(14-12-18)23(21-10-6-16-27-21)25-17-22(26)24-15-5-9-19-7-3-2-4-8-19/h2-4,6-8,10-14,16,23,25H,5,9,15,17H2,1H3,(H,24,26)/p+1/t23-/m0/s1. The molecule has 0 spiro atoms. The Labute approximate surface area is 165 Å². The first kappa shape index (κ1) is 19.3.